The highest BCUT2D eigenvalue weighted by molar-refractivity contribution is 7.99. The molecule has 6 rings (SSSR count). The zero-order chi connectivity index (χ0) is 28.7. The van der Waals surface area contributed by atoms with Gasteiger partial charge in [0.15, 0.2) is 5.16 Å². The van der Waals surface area contributed by atoms with E-state index in [1.165, 1.54) is 28.0 Å². The fourth-order valence-corrected chi connectivity index (χ4v) is 9.48. The lowest BCUT2D eigenvalue weighted by molar-refractivity contribution is -0.113. The number of amides is 1. The average molecular weight is 608 g/mol. The van der Waals surface area contributed by atoms with Crippen molar-refractivity contribution >= 4 is 61.5 Å². The molecule has 0 fully saturated rings. The Hall–Kier alpha value is -2.95. The Bertz CT molecular complexity index is 1690. The third-order valence-electron chi connectivity index (χ3n) is 7.89. The van der Waals surface area contributed by atoms with Crippen molar-refractivity contribution < 1.29 is 14.3 Å². The van der Waals surface area contributed by atoms with Crippen molar-refractivity contribution in [3.8, 4) is 5.69 Å². The molecule has 41 heavy (non-hydrogen) atoms. The maximum atomic E-state index is 14.0. The van der Waals surface area contributed by atoms with Crippen LogP contribution in [0.5, 0.6) is 0 Å². The van der Waals surface area contributed by atoms with Crippen LogP contribution in [0.15, 0.2) is 40.3 Å². The maximum absolute atomic E-state index is 14.0. The minimum Gasteiger partial charge on any atom is -0.462 e. The zero-order valence-corrected chi connectivity index (χ0v) is 25.9. The summed E-state index contributed by atoms with van der Waals surface area (Å²) in [6.07, 6.45) is 5.65. The summed E-state index contributed by atoms with van der Waals surface area (Å²) in [7, 11) is 0. The number of anilines is 1. The van der Waals surface area contributed by atoms with Gasteiger partial charge in [-0.25, -0.2) is 9.78 Å². The van der Waals surface area contributed by atoms with Crippen molar-refractivity contribution in [1.29, 1.82) is 0 Å². The number of rotatable bonds is 7. The standard InChI is InChI=1S/C31H33N3O4S3/c1-4-38-30(37)26-21-13-11-18(3)15-23(21)41-28(26)32-24(35)16-39-31-33-27-25(20-12-10-17(2)14-22(20)40-27)29(36)34(31)19-8-6-5-7-9-19/h5-9,17-18H,4,10-16H2,1-3H3,(H,32,35). The molecule has 2 aliphatic carbocycles. The maximum Gasteiger partial charge on any atom is 0.341 e. The van der Waals surface area contributed by atoms with Gasteiger partial charge in [-0.2, -0.15) is 0 Å². The van der Waals surface area contributed by atoms with E-state index >= 15 is 0 Å². The second-order valence-corrected chi connectivity index (χ2v) is 14.1. The van der Waals surface area contributed by atoms with E-state index in [0.717, 1.165) is 65.0 Å². The molecule has 214 valence electrons. The number of aromatic nitrogens is 2. The van der Waals surface area contributed by atoms with Gasteiger partial charge in [0.1, 0.15) is 9.83 Å². The first kappa shape index (κ1) is 28.2. The van der Waals surface area contributed by atoms with Crippen molar-refractivity contribution in [3.63, 3.8) is 0 Å². The smallest absolute Gasteiger partial charge is 0.341 e. The van der Waals surface area contributed by atoms with Crippen LogP contribution in [-0.2, 0) is 35.2 Å². The monoisotopic (exact) mass is 607 g/mol. The molecule has 1 amide bonds. The van der Waals surface area contributed by atoms with E-state index in [2.05, 4.69) is 19.2 Å². The number of nitrogens with one attached hydrogen (secondary N) is 1. The quantitative estimate of drug-likeness (QED) is 0.143. The summed E-state index contributed by atoms with van der Waals surface area (Å²) >= 11 is 4.33. The molecule has 0 bridgehead atoms. The Morgan fingerprint density at radius 3 is 2.44 bits per heavy atom. The van der Waals surface area contributed by atoms with Crippen LogP contribution in [0.1, 0.15) is 64.9 Å². The van der Waals surface area contributed by atoms with Crippen LogP contribution in [0.2, 0.25) is 0 Å². The summed E-state index contributed by atoms with van der Waals surface area (Å²) < 4.78 is 6.99. The van der Waals surface area contributed by atoms with Crippen molar-refractivity contribution in [2.24, 2.45) is 11.8 Å². The lowest BCUT2D eigenvalue weighted by atomic mass is 9.88. The first-order chi connectivity index (χ1) is 19.8. The lowest BCUT2D eigenvalue weighted by Gasteiger charge is -2.18. The summed E-state index contributed by atoms with van der Waals surface area (Å²) in [5.41, 5.74) is 3.29. The third-order valence-corrected chi connectivity index (χ3v) is 11.1. The highest BCUT2D eigenvalue weighted by Crippen LogP contribution is 2.41. The fraction of sp³-hybridized carbons (Fsp3) is 0.419. The van der Waals surface area contributed by atoms with Crippen LogP contribution in [0.3, 0.4) is 0 Å². The summed E-state index contributed by atoms with van der Waals surface area (Å²) in [6, 6.07) is 9.49. The predicted molar refractivity (Wildman–Crippen MR) is 167 cm³/mol. The number of hydrogen-bond acceptors (Lipinski definition) is 8. The zero-order valence-electron chi connectivity index (χ0n) is 23.5. The molecule has 2 unspecified atom stereocenters. The second kappa shape index (κ2) is 11.7. The van der Waals surface area contributed by atoms with Crippen molar-refractivity contribution in [2.75, 3.05) is 17.7 Å². The van der Waals surface area contributed by atoms with E-state index in [0.29, 0.717) is 32.9 Å². The number of hydrogen-bond donors (Lipinski definition) is 1. The molecule has 0 spiro atoms. The van der Waals surface area contributed by atoms with E-state index in [4.69, 9.17) is 9.72 Å². The molecule has 3 aromatic heterocycles. The Morgan fingerprint density at radius 1 is 1.05 bits per heavy atom. The Balaban J connectivity index is 1.31. The van der Waals surface area contributed by atoms with Gasteiger partial charge in [-0.05, 0) is 80.5 Å². The third kappa shape index (κ3) is 5.49. The summed E-state index contributed by atoms with van der Waals surface area (Å²) in [5.74, 6) is 0.546. The molecule has 10 heteroatoms. The van der Waals surface area contributed by atoms with Crippen LogP contribution in [0, 0.1) is 11.8 Å². The molecule has 0 radical (unpaired) electrons. The number of ether oxygens (including phenoxy) is 1. The van der Waals surface area contributed by atoms with Gasteiger partial charge in [0, 0.05) is 9.75 Å². The number of aryl methyl sites for hydroxylation is 1. The van der Waals surface area contributed by atoms with E-state index in [-0.39, 0.29) is 29.8 Å². The van der Waals surface area contributed by atoms with E-state index in [1.807, 2.05) is 30.3 Å². The lowest BCUT2D eigenvalue weighted by Crippen LogP contribution is -2.23. The minimum absolute atomic E-state index is 0.0497. The normalized spacial score (nSPS) is 18.1. The number of thiophene rings is 2. The number of para-hydroxylation sites is 1. The summed E-state index contributed by atoms with van der Waals surface area (Å²) in [5, 5.41) is 4.75. The molecule has 0 saturated carbocycles. The molecule has 0 aliphatic heterocycles. The van der Waals surface area contributed by atoms with Gasteiger partial charge < -0.3 is 10.1 Å². The van der Waals surface area contributed by atoms with Gasteiger partial charge in [0.25, 0.3) is 5.56 Å². The largest absolute Gasteiger partial charge is 0.462 e. The number of carbonyl (C=O) groups excluding carboxylic acids is 2. The number of carbonyl (C=O) groups is 2. The van der Waals surface area contributed by atoms with Crippen molar-refractivity contribution in [1.82, 2.24) is 9.55 Å². The molecule has 0 saturated heterocycles. The van der Waals surface area contributed by atoms with Gasteiger partial charge in [0.2, 0.25) is 5.91 Å². The number of fused-ring (bicyclic) bond motifs is 4. The topological polar surface area (TPSA) is 90.3 Å². The number of nitrogens with zero attached hydrogens (tertiary/aromatic N) is 2. The average Bonchev–Trinajstić information content (AvgIpc) is 3.49. The molecule has 3 heterocycles. The van der Waals surface area contributed by atoms with Gasteiger partial charge in [-0.1, -0.05) is 43.8 Å². The molecule has 1 aromatic carbocycles. The van der Waals surface area contributed by atoms with Crippen LogP contribution < -0.4 is 10.9 Å². The second-order valence-electron chi connectivity index (χ2n) is 11.0. The Morgan fingerprint density at radius 2 is 1.73 bits per heavy atom. The van der Waals surface area contributed by atoms with E-state index in [1.54, 1.807) is 22.8 Å². The van der Waals surface area contributed by atoms with Gasteiger partial charge in [-0.3, -0.25) is 14.2 Å². The highest BCUT2D eigenvalue weighted by atomic mass is 32.2. The first-order valence-electron chi connectivity index (χ1n) is 14.2. The molecule has 4 aromatic rings. The minimum atomic E-state index is -0.386. The first-order valence-corrected chi connectivity index (χ1v) is 16.8. The summed E-state index contributed by atoms with van der Waals surface area (Å²) in [6.45, 7) is 6.52. The fourth-order valence-electron chi connectivity index (χ4n) is 5.82. The van der Waals surface area contributed by atoms with Crippen LogP contribution in [0.4, 0.5) is 5.00 Å². The Labute approximate surface area is 251 Å². The number of esters is 1. The molecular weight excluding hydrogens is 575 g/mol. The van der Waals surface area contributed by atoms with Crippen LogP contribution in [-0.4, -0.2) is 33.8 Å². The van der Waals surface area contributed by atoms with Gasteiger partial charge >= 0.3 is 5.97 Å². The molecule has 7 nitrogen and oxygen atoms in total. The van der Waals surface area contributed by atoms with Crippen molar-refractivity contribution in [2.45, 2.75) is 64.5 Å². The van der Waals surface area contributed by atoms with E-state index < -0.39 is 0 Å². The summed E-state index contributed by atoms with van der Waals surface area (Å²) in [4.78, 5) is 48.3. The Kier molecular flexibility index (Phi) is 8.07. The van der Waals surface area contributed by atoms with E-state index in [9.17, 15) is 14.4 Å². The molecule has 2 atom stereocenters. The molecule has 2 aliphatic rings. The van der Waals surface area contributed by atoms with Gasteiger partial charge in [0.05, 0.1) is 29.0 Å². The SMILES string of the molecule is CCOC(=O)c1c(NC(=O)CSc2nc3sc4c(c3c(=O)n2-c2ccccc2)CCC(C)C4)sc2c1CCC(C)C2. The number of thioether (sulfide) groups is 1. The van der Waals surface area contributed by atoms with Crippen molar-refractivity contribution in [3.05, 3.63) is 67.1 Å². The molecule has 1 N–H and O–H groups in total. The number of benzene rings is 1. The van der Waals surface area contributed by atoms with Crippen LogP contribution in [0.25, 0.3) is 15.9 Å². The highest BCUT2D eigenvalue weighted by Gasteiger charge is 2.30. The predicted octanol–water partition coefficient (Wildman–Crippen LogP) is 6.67. The molecular formula is C31H33N3O4S3. The van der Waals surface area contributed by atoms with Gasteiger partial charge in [-0.15, -0.1) is 22.7 Å². The van der Waals surface area contributed by atoms with Crippen LogP contribution >= 0.6 is 34.4 Å².